The molecule has 0 radical (unpaired) electrons. The van der Waals surface area contributed by atoms with Crippen molar-refractivity contribution in [1.82, 2.24) is 4.57 Å². The van der Waals surface area contributed by atoms with Crippen LogP contribution in [0.15, 0.2) is 41.6 Å². The Labute approximate surface area is 158 Å². The van der Waals surface area contributed by atoms with Crippen molar-refractivity contribution in [3.8, 4) is 17.4 Å². The monoisotopic (exact) mass is 368 g/mol. The molecule has 0 amide bonds. The summed E-state index contributed by atoms with van der Waals surface area (Å²) in [5, 5.41) is 14.2. The smallest absolute Gasteiger partial charge is 0.222 e. The lowest BCUT2D eigenvalue weighted by molar-refractivity contribution is 0.288. The third-order valence-electron chi connectivity index (χ3n) is 4.58. The lowest BCUT2D eigenvalue weighted by Gasteiger charge is -2.13. The van der Waals surface area contributed by atoms with E-state index in [0.29, 0.717) is 30.0 Å². The van der Waals surface area contributed by atoms with E-state index in [4.69, 9.17) is 9.47 Å². The molecule has 0 atom stereocenters. The van der Waals surface area contributed by atoms with Crippen LogP contribution < -0.4 is 9.47 Å². The van der Waals surface area contributed by atoms with Crippen molar-refractivity contribution in [2.45, 2.75) is 33.2 Å². The topological polar surface area (TPSA) is 73.0 Å². The molecule has 6 nitrogen and oxygen atoms in total. The number of rotatable bonds is 8. The summed E-state index contributed by atoms with van der Waals surface area (Å²) in [6.07, 6.45) is 2.04. The third-order valence-corrected chi connectivity index (χ3v) is 4.58. The predicted molar refractivity (Wildman–Crippen MR) is 106 cm³/mol. The van der Waals surface area contributed by atoms with Crippen LogP contribution in [0.3, 0.4) is 0 Å². The summed E-state index contributed by atoms with van der Waals surface area (Å²) >= 11 is 0. The molecule has 0 aliphatic rings. The van der Waals surface area contributed by atoms with E-state index < -0.39 is 0 Å². The minimum absolute atomic E-state index is 0.0696. The Morgan fingerprint density at radius 2 is 1.96 bits per heavy atom. The van der Waals surface area contributed by atoms with Crippen molar-refractivity contribution in [1.29, 1.82) is 0 Å². The molecule has 6 heteroatoms. The van der Waals surface area contributed by atoms with Gasteiger partial charge < -0.3 is 19.1 Å². The molecule has 2 aromatic carbocycles. The van der Waals surface area contributed by atoms with Crippen LogP contribution in [0.4, 0.5) is 5.69 Å². The number of benzene rings is 2. The first kappa shape index (κ1) is 18.8. The Balaban J connectivity index is 1.95. The quantitative estimate of drug-likeness (QED) is 0.433. The van der Waals surface area contributed by atoms with E-state index in [1.807, 2.05) is 43.3 Å². The molecule has 0 unspecified atom stereocenters. The zero-order chi connectivity index (χ0) is 19.4. The van der Waals surface area contributed by atoms with E-state index in [1.165, 1.54) is 0 Å². The number of hydrogen-bond donors (Lipinski definition) is 1. The van der Waals surface area contributed by atoms with Gasteiger partial charge in [-0.15, -0.1) is 4.91 Å². The van der Waals surface area contributed by atoms with Crippen LogP contribution in [0.2, 0.25) is 0 Å². The fourth-order valence-electron chi connectivity index (χ4n) is 3.13. The van der Waals surface area contributed by atoms with Crippen LogP contribution in [0.25, 0.3) is 10.9 Å². The molecule has 0 fully saturated rings. The fourth-order valence-corrected chi connectivity index (χ4v) is 3.13. The highest BCUT2D eigenvalue weighted by molar-refractivity contribution is 5.95. The Morgan fingerprint density at radius 3 is 2.67 bits per heavy atom. The summed E-state index contributed by atoms with van der Waals surface area (Å²) in [6, 6.07) is 11.4. The van der Waals surface area contributed by atoms with Crippen molar-refractivity contribution < 1.29 is 14.6 Å². The highest BCUT2D eigenvalue weighted by Crippen LogP contribution is 2.39. The standard InChI is InChI=1S/C21H24N2O4/c1-4-5-10-27-18-9-7-15(12-19(18)26-3)13-23-17-8-6-14(2)11-16(17)20(22-25)21(23)24/h6-9,11-12,24H,4-5,10,13H2,1-3H3. The molecule has 0 aliphatic carbocycles. The number of unbranched alkanes of at least 4 members (excludes halogenated alkanes) is 1. The van der Waals surface area contributed by atoms with Gasteiger partial charge in [0.05, 0.1) is 25.8 Å². The molecule has 1 heterocycles. The van der Waals surface area contributed by atoms with Gasteiger partial charge in [0.1, 0.15) is 0 Å². The molecule has 0 saturated heterocycles. The Kier molecular flexibility index (Phi) is 5.64. The van der Waals surface area contributed by atoms with Crippen molar-refractivity contribution in [2.24, 2.45) is 5.18 Å². The van der Waals surface area contributed by atoms with Crippen molar-refractivity contribution in [3.63, 3.8) is 0 Å². The van der Waals surface area contributed by atoms with Gasteiger partial charge in [-0.05, 0) is 48.4 Å². The minimum atomic E-state index is -0.132. The van der Waals surface area contributed by atoms with E-state index in [2.05, 4.69) is 12.1 Å². The van der Waals surface area contributed by atoms with Gasteiger partial charge >= 0.3 is 0 Å². The van der Waals surface area contributed by atoms with Gasteiger partial charge in [0.25, 0.3) is 0 Å². The lowest BCUT2D eigenvalue weighted by atomic mass is 10.1. The SMILES string of the molecule is CCCCOc1ccc(Cn2c(O)c(N=O)c3cc(C)ccc32)cc1OC. The van der Waals surface area contributed by atoms with Crippen LogP contribution >= 0.6 is 0 Å². The summed E-state index contributed by atoms with van der Waals surface area (Å²) in [4.78, 5) is 11.2. The summed E-state index contributed by atoms with van der Waals surface area (Å²) in [6.45, 7) is 5.07. The maximum Gasteiger partial charge on any atom is 0.222 e. The number of hydrogen-bond acceptors (Lipinski definition) is 5. The first-order valence-corrected chi connectivity index (χ1v) is 9.04. The molecular formula is C21H24N2O4. The summed E-state index contributed by atoms with van der Waals surface area (Å²) in [5.41, 5.74) is 2.75. The number of nitroso groups, excluding NO2 is 1. The fraction of sp³-hybridized carbons (Fsp3) is 0.333. The zero-order valence-corrected chi connectivity index (χ0v) is 15.9. The number of aromatic nitrogens is 1. The second-order valence-corrected chi connectivity index (χ2v) is 6.56. The number of ether oxygens (including phenoxy) is 2. The Morgan fingerprint density at radius 1 is 1.15 bits per heavy atom. The molecule has 0 saturated carbocycles. The van der Waals surface area contributed by atoms with Crippen molar-refractivity contribution in [2.75, 3.05) is 13.7 Å². The molecular weight excluding hydrogens is 344 g/mol. The van der Waals surface area contributed by atoms with Crippen molar-refractivity contribution in [3.05, 3.63) is 52.4 Å². The molecule has 3 aromatic rings. The van der Waals surface area contributed by atoms with Gasteiger partial charge in [-0.25, -0.2) is 0 Å². The zero-order valence-electron chi connectivity index (χ0n) is 15.9. The second-order valence-electron chi connectivity index (χ2n) is 6.56. The molecule has 0 aliphatic heterocycles. The predicted octanol–water partition coefficient (Wildman–Crippen LogP) is 5.29. The van der Waals surface area contributed by atoms with Gasteiger partial charge in [0, 0.05) is 5.39 Å². The third kappa shape index (κ3) is 3.74. The van der Waals surface area contributed by atoms with Crippen LogP contribution in [0, 0.1) is 11.8 Å². The first-order chi connectivity index (χ1) is 13.1. The maximum atomic E-state index is 11.2. The normalized spacial score (nSPS) is 10.9. The Bertz CT molecular complexity index is 962. The molecule has 27 heavy (non-hydrogen) atoms. The summed E-state index contributed by atoms with van der Waals surface area (Å²) in [7, 11) is 1.60. The van der Waals surface area contributed by atoms with Crippen LogP contribution in [-0.2, 0) is 6.54 Å². The molecule has 142 valence electrons. The van der Waals surface area contributed by atoms with Gasteiger partial charge in [0.2, 0.25) is 5.88 Å². The molecule has 1 aromatic heterocycles. The van der Waals surface area contributed by atoms with Crippen LogP contribution in [-0.4, -0.2) is 23.4 Å². The van der Waals surface area contributed by atoms with Gasteiger partial charge in [-0.3, -0.25) is 0 Å². The minimum Gasteiger partial charge on any atom is -0.493 e. The van der Waals surface area contributed by atoms with E-state index in [1.54, 1.807) is 11.7 Å². The number of nitrogens with zero attached hydrogens (tertiary/aromatic N) is 2. The average Bonchev–Trinajstić information content (AvgIpc) is 2.93. The van der Waals surface area contributed by atoms with Gasteiger partial charge in [0.15, 0.2) is 17.2 Å². The highest BCUT2D eigenvalue weighted by atomic mass is 16.5. The van der Waals surface area contributed by atoms with Crippen LogP contribution in [0.1, 0.15) is 30.9 Å². The number of fused-ring (bicyclic) bond motifs is 1. The van der Waals surface area contributed by atoms with Gasteiger partial charge in [-0.1, -0.05) is 31.0 Å². The average molecular weight is 368 g/mol. The second kappa shape index (κ2) is 8.12. The van der Waals surface area contributed by atoms with Crippen LogP contribution in [0.5, 0.6) is 17.4 Å². The lowest BCUT2D eigenvalue weighted by Crippen LogP contribution is -2.02. The van der Waals surface area contributed by atoms with E-state index in [-0.39, 0.29) is 11.6 Å². The van der Waals surface area contributed by atoms with E-state index >= 15 is 0 Å². The maximum absolute atomic E-state index is 11.2. The molecule has 3 rings (SSSR count). The van der Waals surface area contributed by atoms with E-state index in [0.717, 1.165) is 29.5 Å². The van der Waals surface area contributed by atoms with E-state index in [9.17, 15) is 10.0 Å². The largest absolute Gasteiger partial charge is 0.493 e. The van der Waals surface area contributed by atoms with Gasteiger partial charge in [-0.2, -0.15) is 0 Å². The number of aromatic hydroxyl groups is 1. The molecule has 0 bridgehead atoms. The summed E-state index contributed by atoms with van der Waals surface area (Å²) in [5.74, 6) is 1.21. The highest BCUT2D eigenvalue weighted by Gasteiger charge is 2.18. The Hall–Kier alpha value is -3.02. The van der Waals surface area contributed by atoms with Crippen molar-refractivity contribution >= 4 is 16.6 Å². The summed E-state index contributed by atoms with van der Waals surface area (Å²) < 4.78 is 12.9. The number of aryl methyl sites for hydroxylation is 1. The molecule has 0 spiro atoms. The first-order valence-electron chi connectivity index (χ1n) is 9.04. The number of methoxy groups -OCH3 is 1. The molecule has 1 N–H and O–H groups in total.